The number of rotatable bonds is 9. The Morgan fingerprint density at radius 3 is 2.33 bits per heavy atom. The lowest BCUT2D eigenvalue weighted by atomic mass is 10.2. The van der Waals surface area contributed by atoms with E-state index in [1.54, 1.807) is 0 Å². The van der Waals surface area contributed by atoms with E-state index < -0.39 is 18.4 Å². The number of alkyl carbamates (subject to hydrolysis) is 1. The predicted molar refractivity (Wildman–Crippen MR) is 77.7 cm³/mol. The average Bonchev–Trinajstić information content (AvgIpc) is 2.51. The minimum atomic E-state index is -0.700. The normalized spacial score (nSPS) is 12.2. The van der Waals surface area contributed by atoms with Gasteiger partial charge in [0, 0.05) is 13.2 Å². The molecule has 1 unspecified atom stereocenters. The van der Waals surface area contributed by atoms with Crippen molar-refractivity contribution in [2.24, 2.45) is 0 Å². The van der Waals surface area contributed by atoms with Crippen LogP contribution in [0.3, 0.4) is 0 Å². The molecule has 2 N–H and O–H groups in total. The molecule has 1 rings (SSSR count). The van der Waals surface area contributed by atoms with Gasteiger partial charge in [0.1, 0.15) is 12.6 Å². The summed E-state index contributed by atoms with van der Waals surface area (Å²) in [6.07, 6.45) is -1.32. The van der Waals surface area contributed by atoms with Crippen LogP contribution in [0.1, 0.15) is 19.4 Å². The Morgan fingerprint density at radius 2 is 1.81 bits per heavy atom. The molecule has 1 aromatic rings. The van der Waals surface area contributed by atoms with Crippen LogP contribution >= 0.6 is 0 Å². The van der Waals surface area contributed by atoms with Crippen molar-refractivity contribution in [3.05, 3.63) is 35.9 Å². The van der Waals surface area contributed by atoms with E-state index in [1.165, 1.54) is 0 Å². The van der Waals surface area contributed by atoms with E-state index in [2.05, 4.69) is 5.32 Å². The summed E-state index contributed by atoms with van der Waals surface area (Å²) in [6.45, 7) is 4.33. The van der Waals surface area contributed by atoms with Crippen LogP contribution in [0.5, 0.6) is 0 Å². The van der Waals surface area contributed by atoms with Crippen LogP contribution in [0.4, 0.5) is 4.79 Å². The van der Waals surface area contributed by atoms with Crippen molar-refractivity contribution < 1.29 is 24.1 Å². The fourth-order valence-electron chi connectivity index (χ4n) is 1.72. The van der Waals surface area contributed by atoms with Crippen LogP contribution in [-0.4, -0.2) is 43.4 Å². The molecule has 0 bridgehead atoms. The molecule has 0 spiro atoms. The SMILES string of the molecule is CCOC(OCC)C(CO)NC(=O)OCc1ccccc1. The van der Waals surface area contributed by atoms with Gasteiger partial charge in [0.15, 0.2) is 6.29 Å². The Balaban J connectivity index is 2.45. The molecule has 6 heteroatoms. The highest BCUT2D eigenvalue weighted by atomic mass is 16.7. The highest BCUT2D eigenvalue weighted by molar-refractivity contribution is 5.67. The molecule has 0 aliphatic carbocycles. The van der Waals surface area contributed by atoms with Gasteiger partial charge >= 0.3 is 6.09 Å². The van der Waals surface area contributed by atoms with E-state index in [4.69, 9.17) is 14.2 Å². The second-order valence-electron chi connectivity index (χ2n) is 4.27. The predicted octanol–water partition coefficient (Wildman–Crippen LogP) is 1.67. The maximum atomic E-state index is 11.7. The smallest absolute Gasteiger partial charge is 0.407 e. The fraction of sp³-hybridized carbons (Fsp3) is 0.533. The molecule has 1 aromatic carbocycles. The zero-order chi connectivity index (χ0) is 15.5. The number of nitrogens with one attached hydrogen (secondary N) is 1. The Kier molecular flexibility index (Phi) is 8.42. The van der Waals surface area contributed by atoms with Crippen molar-refractivity contribution in [2.75, 3.05) is 19.8 Å². The van der Waals surface area contributed by atoms with Crippen molar-refractivity contribution >= 4 is 6.09 Å². The largest absolute Gasteiger partial charge is 0.445 e. The first-order valence-corrected chi connectivity index (χ1v) is 7.02. The van der Waals surface area contributed by atoms with E-state index in [0.29, 0.717) is 13.2 Å². The zero-order valence-corrected chi connectivity index (χ0v) is 12.5. The van der Waals surface area contributed by atoms with E-state index in [0.717, 1.165) is 5.56 Å². The van der Waals surface area contributed by atoms with Gasteiger partial charge in [0.05, 0.1) is 6.61 Å². The maximum Gasteiger partial charge on any atom is 0.407 e. The molecule has 1 amide bonds. The molecule has 0 aliphatic heterocycles. The van der Waals surface area contributed by atoms with Gasteiger partial charge in [0.2, 0.25) is 0 Å². The number of amides is 1. The Hall–Kier alpha value is -1.63. The molecular weight excluding hydrogens is 274 g/mol. The molecule has 0 aliphatic rings. The topological polar surface area (TPSA) is 77.0 Å². The van der Waals surface area contributed by atoms with Gasteiger partial charge in [-0.25, -0.2) is 4.79 Å². The second kappa shape index (κ2) is 10.1. The van der Waals surface area contributed by atoms with Gasteiger partial charge in [-0.2, -0.15) is 0 Å². The maximum absolute atomic E-state index is 11.7. The minimum absolute atomic E-state index is 0.165. The van der Waals surface area contributed by atoms with Crippen molar-refractivity contribution in [3.8, 4) is 0 Å². The van der Waals surface area contributed by atoms with Gasteiger partial charge in [-0.15, -0.1) is 0 Å². The zero-order valence-electron chi connectivity index (χ0n) is 12.5. The van der Waals surface area contributed by atoms with E-state index in [1.807, 2.05) is 44.2 Å². The summed E-state index contributed by atoms with van der Waals surface area (Å²) in [5.41, 5.74) is 0.888. The number of carbonyl (C=O) groups excluding carboxylic acids is 1. The van der Waals surface area contributed by atoms with E-state index in [-0.39, 0.29) is 13.2 Å². The van der Waals surface area contributed by atoms with Crippen LogP contribution in [0.25, 0.3) is 0 Å². The third-order valence-electron chi connectivity index (χ3n) is 2.70. The summed E-state index contributed by atoms with van der Waals surface area (Å²) in [5, 5.41) is 11.9. The molecule has 118 valence electrons. The first-order valence-electron chi connectivity index (χ1n) is 7.02. The minimum Gasteiger partial charge on any atom is -0.445 e. The van der Waals surface area contributed by atoms with Crippen molar-refractivity contribution in [3.63, 3.8) is 0 Å². The number of aliphatic hydroxyl groups is 1. The summed E-state index contributed by atoms with van der Waals surface area (Å²) in [7, 11) is 0. The average molecular weight is 297 g/mol. The van der Waals surface area contributed by atoms with E-state index in [9.17, 15) is 9.90 Å². The fourth-order valence-corrected chi connectivity index (χ4v) is 1.72. The van der Waals surface area contributed by atoms with Crippen LogP contribution in [0, 0.1) is 0 Å². The van der Waals surface area contributed by atoms with Gasteiger partial charge in [-0.3, -0.25) is 0 Å². The van der Waals surface area contributed by atoms with Crippen LogP contribution in [0.2, 0.25) is 0 Å². The summed E-state index contributed by atoms with van der Waals surface area (Å²) in [4.78, 5) is 11.7. The van der Waals surface area contributed by atoms with E-state index >= 15 is 0 Å². The van der Waals surface area contributed by atoms with Crippen LogP contribution in [-0.2, 0) is 20.8 Å². The van der Waals surface area contributed by atoms with Crippen molar-refractivity contribution in [1.82, 2.24) is 5.32 Å². The summed E-state index contributed by atoms with van der Waals surface area (Å²) in [5.74, 6) is 0. The third-order valence-corrected chi connectivity index (χ3v) is 2.70. The molecule has 6 nitrogen and oxygen atoms in total. The highest BCUT2D eigenvalue weighted by Gasteiger charge is 2.24. The molecular formula is C15H23NO5. The molecule has 0 saturated heterocycles. The lowest BCUT2D eigenvalue weighted by molar-refractivity contribution is -0.158. The highest BCUT2D eigenvalue weighted by Crippen LogP contribution is 2.04. The number of ether oxygens (including phenoxy) is 3. The summed E-state index contributed by atoms with van der Waals surface area (Å²) in [6, 6.07) is 8.68. The van der Waals surface area contributed by atoms with Crippen LogP contribution in [0.15, 0.2) is 30.3 Å². The lowest BCUT2D eigenvalue weighted by Crippen LogP contribution is -2.48. The summed E-state index contributed by atoms with van der Waals surface area (Å²) < 4.78 is 15.8. The third kappa shape index (κ3) is 6.57. The molecule has 0 radical (unpaired) electrons. The number of hydrogen-bond acceptors (Lipinski definition) is 5. The first-order chi connectivity index (χ1) is 10.2. The first kappa shape index (κ1) is 17.4. The Bertz CT molecular complexity index is 392. The molecule has 0 fully saturated rings. The lowest BCUT2D eigenvalue weighted by Gasteiger charge is -2.25. The number of hydrogen-bond donors (Lipinski definition) is 2. The Labute approximate surface area is 125 Å². The van der Waals surface area contributed by atoms with Gasteiger partial charge in [-0.1, -0.05) is 30.3 Å². The molecule has 0 saturated carbocycles. The molecule has 21 heavy (non-hydrogen) atoms. The number of aliphatic hydroxyl groups excluding tert-OH is 1. The molecule has 1 atom stereocenters. The standard InChI is InChI=1S/C15H23NO5/c1-3-19-14(20-4-2)13(10-17)16-15(18)21-11-12-8-6-5-7-9-12/h5-9,13-14,17H,3-4,10-11H2,1-2H3,(H,16,18). The molecule has 0 aromatic heterocycles. The van der Waals surface area contributed by atoms with Gasteiger partial charge in [0.25, 0.3) is 0 Å². The van der Waals surface area contributed by atoms with Crippen molar-refractivity contribution in [2.45, 2.75) is 32.8 Å². The summed E-state index contributed by atoms with van der Waals surface area (Å²) >= 11 is 0. The molecule has 0 heterocycles. The van der Waals surface area contributed by atoms with Crippen LogP contribution < -0.4 is 5.32 Å². The monoisotopic (exact) mass is 297 g/mol. The van der Waals surface area contributed by atoms with Gasteiger partial charge < -0.3 is 24.6 Å². The second-order valence-corrected chi connectivity index (χ2v) is 4.27. The number of carbonyl (C=O) groups is 1. The van der Waals surface area contributed by atoms with Gasteiger partial charge in [-0.05, 0) is 19.4 Å². The quantitative estimate of drug-likeness (QED) is 0.678. The Morgan fingerprint density at radius 1 is 1.19 bits per heavy atom. The van der Waals surface area contributed by atoms with Crippen molar-refractivity contribution in [1.29, 1.82) is 0 Å². The number of benzene rings is 1.